The molecule has 0 atom stereocenters. The number of benzene rings is 4. The Kier molecular flexibility index (Phi) is 7.89. The van der Waals surface area contributed by atoms with Crippen LogP contribution >= 0.6 is 23.2 Å². The number of ketones is 2. The largest absolute Gasteiger partial charge is 0.340 e. The van der Waals surface area contributed by atoms with Gasteiger partial charge in [0.1, 0.15) is 11.4 Å². The third kappa shape index (κ3) is 5.51. The lowest BCUT2D eigenvalue weighted by Crippen LogP contribution is -2.34. The normalized spacial score (nSPS) is 11.4. The maximum absolute atomic E-state index is 14.1. The van der Waals surface area contributed by atoms with E-state index >= 15 is 0 Å². The Balaban J connectivity index is 1.99. The molecule has 4 rings (SSSR count). The summed E-state index contributed by atoms with van der Waals surface area (Å²) in [7, 11) is 3.54. The van der Waals surface area contributed by atoms with E-state index in [-0.39, 0.29) is 23.0 Å². The average molecular weight is 515 g/mol. The quantitative estimate of drug-likeness (QED) is 0.180. The van der Waals surface area contributed by atoms with E-state index in [1.54, 1.807) is 96.7 Å². The van der Waals surface area contributed by atoms with Gasteiger partial charge in [0.2, 0.25) is 11.6 Å². The van der Waals surface area contributed by atoms with Crippen LogP contribution in [0, 0.1) is 0 Å². The number of allylic oxidation sites excluding steroid dienone is 2. The highest BCUT2D eigenvalue weighted by Gasteiger charge is 2.30. The van der Waals surface area contributed by atoms with E-state index in [0.29, 0.717) is 32.5 Å². The van der Waals surface area contributed by atoms with Gasteiger partial charge in [0.05, 0.1) is 0 Å². The van der Waals surface area contributed by atoms with Crippen molar-refractivity contribution in [2.24, 2.45) is 0 Å². The predicted molar refractivity (Wildman–Crippen MR) is 148 cm³/mol. The number of carbonyl (C=O) groups is 2. The molecule has 0 unspecified atom stereocenters. The molecule has 0 fully saturated rings. The van der Waals surface area contributed by atoms with E-state index in [4.69, 9.17) is 23.2 Å². The lowest BCUT2D eigenvalue weighted by atomic mass is 9.99. The second-order valence-electron chi connectivity index (χ2n) is 8.16. The zero-order valence-electron chi connectivity index (χ0n) is 19.9. The zero-order chi connectivity index (χ0) is 25.7. The van der Waals surface area contributed by atoms with Crippen molar-refractivity contribution in [3.05, 3.63) is 142 Å². The Hall–Kier alpha value is -3.86. The smallest absolute Gasteiger partial charge is 0.211 e. The van der Waals surface area contributed by atoms with Crippen molar-refractivity contribution in [3.63, 3.8) is 0 Å². The molecule has 4 nitrogen and oxygen atoms in total. The van der Waals surface area contributed by atoms with Gasteiger partial charge < -0.3 is 9.80 Å². The highest BCUT2D eigenvalue weighted by atomic mass is 35.5. The van der Waals surface area contributed by atoms with Crippen LogP contribution in [0.2, 0.25) is 10.0 Å². The summed E-state index contributed by atoms with van der Waals surface area (Å²) in [5.74, 6) is -0.568. The maximum atomic E-state index is 14.1. The number of rotatable bonds is 8. The topological polar surface area (TPSA) is 40.6 Å². The zero-order valence-corrected chi connectivity index (χ0v) is 21.4. The molecule has 0 saturated carbocycles. The van der Waals surface area contributed by atoms with Crippen LogP contribution in [0.15, 0.2) is 121 Å². The van der Waals surface area contributed by atoms with Crippen LogP contribution in [-0.2, 0) is 0 Å². The van der Waals surface area contributed by atoms with E-state index in [2.05, 4.69) is 0 Å². The Morgan fingerprint density at radius 3 is 1.11 bits per heavy atom. The van der Waals surface area contributed by atoms with Crippen molar-refractivity contribution in [3.8, 4) is 0 Å². The molecule has 0 N–H and O–H groups in total. The van der Waals surface area contributed by atoms with Gasteiger partial charge >= 0.3 is 0 Å². The summed E-state index contributed by atoms with van der Waals surface area (Å²) in [6.07, 6.45) is 0. The molecule has 0 radical (unpaired) electrons. The minimum atomic E-state index is -0.284. The number of carbonyl (C=O) groups excluding carboxylic acids is 2. The fourth-order valence-corrected chi connectivity index (χ4v) is 4.13. The van der Waals surface area contributed by atoms with Crippen molar-refractivity contribution in [2.75, 3.05) is 23.9 Å². The first-order chi connectivity index (χ1) is 17.4. The molecular weight excluding hydrogens is 491 g/mol. The average Bonchev–Trinajstić information content (AvgIpc) is 2.92. The van der Waals surface area contributed by atoms with Crippen LogP contribution in [0.4, 0.5) is 11.4 Å². The molecule has 0 bridgehead atoms. The van der Waals surface area contributed by atoms with E-state index in [1.807, 2.05) is 36.4 Å². The van der Waals surface area contributed by atoms with E-state index in [0.717, 1.165) is 0 Å². The summed E-state index contributed by atoms with van der Waals surface area (Å²) in [6.45, 7) is 0. The molecule has 180 valence electrons. The summed E-state index contributed by atoms with van der Waals surface area (Å²) in [4.78, 5) is 31.6. The molecule has 4 aromatic carbocycles. The molecule has 4 aromatic rings. The van der Waals surface area contributed by atoms with E-state index in [9.17, 15) is 9.59 Å². The molecule has 0 aromatic heterocycles. The van der Waals surface area contributed by atoms with Gasteiger partial charge in [-0.15, -0.1) is 0 Å². The monoisotopic (exact) mass is 514 g/mol. The molecule has 0 aliphatic carbocycles. The fourth-order valence-electron chi connectivity index (χ4n) is 3.88. The summed E-state index contributed by atoms with van der Waals surface area (Å²) in [6, 6.07) is 32.1. The van der Waals surface area contributed by atoms with Gasteiger partial charge in [-0.2, -0.15) is 0 Å². The maximum Gasteiger partial charge on any atom is 0.211 e. The van der Waals surface area contributed by atoms with Crippen LogP contribution in [0.1, 0.15) is 20.7 Å². The summed E-state index contributed by atoms with van der Waals surface area (Å²) >= 11 is 12.2. The van der Waals surface area contributed by atoms with Gasteiger partial charge in [0.25, 0.3) is 0 Å². The number of likely N-dealkylation sites (N-methyl/N-ethyl adjacent to an activating group) is 2. The summed E-state index contributed by atoms with van der Waals surface area (Å²) in [5.41, 5.74) is 2.82. The van der Waals surface area contributed by atoms with Crippen LogP contribution in [0.25, 0.3) is 0 Å². The minimum absolute atomic E-state index is 0.231. The van der Waals surface area contributed by atoms with Gasteiger partial charge in [0, 0.05) is 46.6 Å². The van der Waals surface area contributed by atoms with E-state index in [1.165, 1.54) is 0 Å². The van der Waals surface area contributed by atoms with Gasteiger partial charge in [0.15, 0.2) is 0 Å². The minimum Gasteiger partial charge on any atom is -0.340 e. The van der Waals surface area contributed by atoms with Gasteiger partial charge in [-0.1, -0.05) is 83.9 Å². The first-order valence-electron chi connectivity index (χ1n) is 11.3. The molecule has 0 heterocycles. The van der Waals surface area contributed by atoms with Crippen molar-refractivity contribution in [2.45, 2.75) is 0 Å². The first-order valence-corrected chi connectivity index (χ1v) is 12.0. The third-order valence-corrected chi connectivity index (χ3v) is 6.33. The standard InChI is InChI=1S/C30H24Cl2N2O2/c1-33(25-17-13-23(31)14-18-25)27(29(35)21-9-5-3-6-10-21)28(30(36)22-11-7-4-8-12-22)34(2)26-19-15-24(32)16-20-26/h3-20H,1-2H3/b28-27-. The fraction of sp³-hybridized carbons (Fsp3) is 0.0667. The predicted octanol–water partition coefficient (Wildman–Crippen LogP) is 7.54. The van der Waals surface area contributed by atoms with Crippen molar-refractivity contribution >= 4 is 46.1 Å². The van der Waals surface area contributed by atoms with Gasteiger partial charge in [-0.25, -0.2) is 0 Å². The highest BCUT2D eigenvalue weighted by Crippen LogP contribution is 2.30. The van der Waals surface area contributed by atoms with Gasteiger partial charge in [-0.3, -0.25) is 9.59 Å². The summed E-state index contributed by atoms with van der Waals surface area (Å²) < 4.78 is 0. The van der Waals surface area contributed by atoms with Crippen molar-refractivity contribution in [1.29, 1.82) is 0 Å². The van der Waals surface area contributed by atoms with Crippen molar-refractivity contribution < 1.29 is 9.59 Å². The number of halogens is 2. The molecule has 0 amide bonds. The Bertz CT molecular complexity index is 1280. The first kappa shape index (κ1) is 25.2. The lowest BCUT2D eigenvalue weighted by molar-refractivity contribution is 0.0995. The van der Waals surface area contributed by atoms with Gasteiger partial charge in [-0.05, 0) is 48.5 Å². The third-order valence-electron chi connectivity index (χ3n) is 5.83. The van der Waals surface area contributed by atoms with Crippen LogP contribution in [0.3, 0.4) is 0 Å². The molecule has 6 heteroatoms. The molecule has 36 heavy (non-hydrogen) atoms. The molecule has 0 aliphatic heterocycles. The number of hydrogen-bond acceptors (Lipinski definition) is 4. The number of nitrogens with zero attached hydrogens (tertiary/aromatic N) is 2. The Morgan fingerprint density at radius 1 is 0.500 bits per heavy atom. The Morgan fingerprint density at radius 2 is 0.806 bits per heavy atom. The molecule has 0 spiro atoms. The number of Topliss-reactive ketones (excluding diaryl/α,β-unsaturated/α-hetero) is 2. The van der Waals surface area contributed by atoms with Crippen LogP contribution in [-0.4, -0.2) is 25.7 Å². The van der Waals surface area contributed by atoms with Crippen molar-refractivity contribution in [1.82, 2.24) is 0 Å². The van der Waals surface area contributed by atoms with Crippen LogP contribution in [0.5, 0.6) is 0 Å². The summed E-state index contributed by atoms with van der Waals surface area (Å²) in [5, 5.41) is 1.15. The molecular formula is C30H24Cl2N2O2. The van der Waals surface area contributed by atoms with Crippen LogP contribution < -0.4 is 9.80 Å². The SMILES string of the molecule is CN(/C(C(=O)c1ccccc1)=C(/C(=O)c1ccccc1)N(C)c1ccc(Cl)cc1)c1ccc(Cl)cc1. The second-order valence-corrected chi connectivity index (χ2v) is 9.03. The lowest BCUT2D eigenvalue weighted by Gasteiger charge is -2.30. The highest BCUT2D eigenvalue weighted by molar-refractivity contribution is 6.31. The van der Waals surface area contributed by atoms with E-state index < -0.39 is 0 Å². The number of hydrogen-bond donors (Lipinski definition) is 0. The second kappa shape index (κ2) is 11.3. The Labute approximate surface area is 221 Å². The number of anilines is 2. The molecule has 0 aliphatic rings. The molecule has 0 saturated heterocycles.